The van der Waals surface area contributed by atoms with Crippen LogP contribution in [0.2, 0.25) is 0 Å². The van der Waals surface area contributed by atoms with Gasteiger partial charge >= 0.3 is 0 Å². The van der Waals surface area contributed by atoms with Crippen LogP contribution in [0.15, 0.2) is 46.8 Å². The van der Waals surface area contributed by atoms with Crippen LogP contribution in [0.3, 0.4) is 0 Å². The Morgan fingerprint density at radius 2 is 2.00 bits per heavy atom. The lowest BCUT2D eigenvalue weighted by Gasteiger charge is -2.30. The second kappa shape index (κ2) is 10.3. The van der Waals surface area contributed by atoms with Crippen LogP contribution in [-0.4, -0.2) is 44.1 Å². The first-order valence-corrected chi connectivity index (χ1v) is 10.6. The molecule has 0 aliphatic carbocycles. The third-order valence-corrected chi connectivity index (χ3v) is 5.72. The molecule has 0 bridgehead atoms. The van der Waals surface area contributed by atoms with Gasteiger partial charge in [-0.25, -0.2) is 4.99 Å². The molecule has 0 spiro atoms. The number of para-hydroxylation sites is 1. The summed E-state index contributed by atoms with van der Waals surface area (Å²) >= 11 is 1.74. The van der Waals surface area contributed by atoms with Crippen molar-refractivity contribution in [1.29, 1.82) is 0 Å². The number of guanidine groups is 1. The van der Waals surface area contributed by atoms with Crippen LogP contribution in [-0.2, 0) is 6.54 Å². The molecule has 2 N–H and O–H groups in total. The number of nitrogens with one attached hydrogen (secondary N) is 2. The van der Waals surface area contributed by atoms with Crippen molar-refractivity contribution in [1.82, 2.24) is 15.5 Å². The summed E-state index contributed by atoms with van der Waals surface area (Å²) < 4.78 is 5.64. The van der Waals surface area contributed by atoms with Gasteiger partial charge in [0.2, 0.25) is 0 Å². The van der Waals surface area contributed by atoms with Crippen LogP contribution < -0.4 is 15.4 Å². The summed E-state index contributed by atoms with van der Waals surface area (Å²) in [5, 5.41) is 9.01. The maximum atomic E-state index is 5.64. The molecule has 1 atom stereocenters. The van der Waals surface area contributed by atoms with E-state index < -0.39 is 0 Å². The van der Waals surface area contributed by atoms with E-state index in [1.54, 1.807) is 18.4 Å². The Balaban J connectivity index is 1.73. The van der Waals surface area contributed by atoms with E-state index in [4.69, 9.17) is 9.73 Å². The van der Waals surface area contributed by atoms with Gasteiger partial charge in [0.05, 0.1) is 19.7 Å². The lowest BCUT2D eigenvalue weighted by Crippen LogP contribution is -2.42. The molecule has 0 saturated carbocycles. The van der Waals surface area contributed by atoms with Gasteiger partial charge in [0.1, 0.15) is 5.75 Å². The van der Waals surface area contributed by atoms with Gasteiger partial charge in [-0.15, -0.1) is 11.3 Å². The molecule has 146 valence electrons. The van der Waals surface area contributed by atoms with Crippen molar-refractivity contribution in [2.45, 2.75) is 32.4 Å². The highest BCUT2D eigenvalue weighted by molar-refractivity contribution is 7.09. The molecule has 1 fully saturated rings. The van der Waals surface area contributed by atoms with Crippen molar-refractivity contribution in [3.05, 3.63) is 52.2 Å². The van der Waals surface area contributed by atoms with E-state index in [1.807, 2.05) is 6.07 Å². The van der Waals surface area contributed by atoms with E-state index in [2.05, 4.69) is 58.2 Å². The number of nitrogens with zero attached hydrogens (tertiary/aromatic N) is 2. The third-order valence-electron chi connectivity index (χ3n) is 4.86. The average molecular weight is 387 g/mol. The molecule has 0 radical (unpaired) electrons. The number of hydrogen-bond donors (Lipinski definition) is 2. The summed E-state index contributed by atoms with van der Waals surface area (Å²) in [4.78, 5) is 8.57. The van der Waals surface area contributed by atoms with Gasteiger partial charge in [0.25, 0.3) is 0 Å². The highest BCUT2D eigenvalue weighted by Crippen LogP contribution is 2.31. The number of hydrogen-bond acceptors (Lipinski definition) is 4. The predicted octanol–water partition coefficient (Wildman–Crippen LogP) is 3.65. The molecule has 2 aromatic rings. The fraction of sp³-hybridized carbons (Fsp3) is 0.476. The molecule has 1 aliphatic rings. The Bertz CT molecular complexity index is 711. The molecule has 2 heterocycles. The molecule has 3 rings (SSSR count). The topological polar surface area (TPSA) is 48.9 Å². The Labute approximate surface area is 166 Å². The Morgan fingerprint density at radius 3 is 2.70 bits per heavy atom. The van der Waals surface area contributed by atoms with Crippen molar-refractivity contribution in [3.8, 4) is 5.75 Å². The van der Waals surface area contributed by atoms with E-state index in [1.165, 1.54) is 23.3 Å². The first kappa shape index (κ1) is 19.7. The summed E-state index contributed by atoms with van der Waals surface area (Å²) in [6, 6.07) is 12.8. The zero-order chi connectivity index (χ0) is 18.9. The van der Waals surface area contributed by atoms with Crippen LogP contribution in [0.5, 0.6) is 5.75 Å². The smallest absolute Gasteiger partial charge is 0.191 e. The van der Waals surface area contributed by atoms with Gasteiger partial charge in [-0.2, -0.15) is 0 Å². The minimum Gasteiger partial charge on any atom is -0.496 e. The molecule has 1 aliphatic heterocycles. The molecule has 1 aromatic carbocycles. The summed E-state index contributed by atoms with van der Waals surface area (Å²) in [5.41, 5.74) is 1.24. The van der Waals surface area contributed by atoms with Crippen LogP contribution >= 0.6 is 11.3 Å². The minimum atomic E-state index is 0.272. The minimum absolute atomic E-state index is 0.272. The van der Waals surface area contributed by atoms with Crippen molar-refractivity contribution < 1.29 is 4.74 Å². The number of aliphatic imine (C=N–C) groups is 1. The zero-order valence-corrected chi connectivity index (χ0v) is 17.1. The normalized spacial score (nSPS) is 16.3. The quantitative estimate of drug-likeness (QED) is 0.537. The highest BCUT2D eigenvalue weighted by atomic mass is 32.1. The first-order chi connectivity index (χ1) is 13.3. The number of thiophene rings is 1. The van der Waals surface area contributed by atoms with Gasteiger partial charge in [0, 0.05) is 23.5 Å². The lowest BCUT2D eigenvalue weighted by atomic mass is 10.0. The standard InChI is InChI=1S/C21H30N4OS/c1-3-22-21(23-15-17-9-8-14-27-17)24-16-19(25-12-6-7-13-25)18-10-4-5-11-20(18)26-2/h4-5,8-11,14,19H,3,6-7,12-13,15-16H2,1-2H3,(H2,22,23,24). The molecule has 27 heavy (non-hydrogen) atoms. The SMILES string of the molecule is CCNC(=NCc1cccs1)NCC(c1ccccc1OC)N1CCCC1. The summed E-state index contributed by atoms with van der Waals surface area (Å²) in [6.45, 7) is 6.72. The van der Waals surface area contributed by atoms with E-state index in [9.17, 15) is 0 Å². The first-order valence-electron chi connectivity index (χ1n) is 9.73. The monoisotopic (exact) mass is 386 g/mol. The number of benzene rings is 1. The summed E-state index contributed by atoms with van der Waals surface area (Å²) in [6.07, 6.45) is 2.52. The van der Waals surface area contributed by atoms with Gasteiger partial charge in [-0.1, -0.05) is 24.3 Å². The van der Waals surface area contributed by atoms with Crippen molar-refractivity contribution in [3.63, 3.8) is 0 Å². The highest BCUT2D eigenvalue weighted by Gasteiger charge is 2.26. The third kappa shape index (κ3) is 5.47. The molecule has 1 aromatic heterocycles. The van der Waals surface area contributed by atoms with E-state index in [0.717, 1.165) is 37.9 Å². The van der Waals surface area contributed by atoms with E-state index in [-0.39, 0.29) is 6.04 Å². The molecular weight excluding hydrogens is 356 g/mol. The number of rotatable bonds is 8. The molecular formula is C21H30N4OS. The Morgan fingerprint density at radius 1 is 1.19 bits per heavy atom. The van der Waals surface area contributed by atoms with Crippen molar-refractivity contribution >= 4 is 17.3 Å². The average Bonchev–Trinajstić information content (AvgIpc) is 3.41. The number of likely N-dealkylation sites (tertiary alicyclic amines) is 1. The predicted molar refractivity (Wildman–Crippen MR) is 114 cm³/mol. The lowest BCUT2D eigenvalue weighted by molar-refractivity contribution is 0.239. The van der Waals surface area contributed by atoms with E-state index >= 15 is 0 Å². The van der Waals surface area contributed by atoms with Gasteiger partial charge < -0.3 is 15.4 Å². The van der Waals surface area contributed by atoms with Crippen LogP contribution in [0.25, 0.3) is 0 Å². The summed E-state index contributed by atoms with van der Waals surface area (Å²) in [7, 11) is 1.75. The van der Waals surface area contributed by atoms with E-state index in [0.29, 0.717) is 6.54 Å². The fourth-order valence-electron chi connectivity index (χ4n) is 3.53. The Kier molecular flexibility index (Phi) is 7.54. The Hall–Kier alpha value is -2.05. The van der Waals surface area contributed by atoms with Crippen LogP contribution in [0.1, 0.15) is 36.2 Å². The van der Waals surface area contributed by atoms with Crippen LogP contribution in [0, 0.1) is 0 Å². The largest absolute Gasteiger partial charge is 0.496 e. The number of methoxy groups -OCH3 is 1. The van der Waals surface area contributed by atoms with Gasteiger partial charge in [0.15, 0.2) is 5.96 Å². The van der Waals surface area contributed by atoms with Gasteiger partial charge in [-0.3, -0.25) is 4.90 Å². The fourth-order valence-corrected chi connectivity index (χ4v) is 4.15. The molecule has 1 unspecified atom stereocenters. The molecule has 0 amide bonds. The van der Waals surface area contributed by atoms with Crippen molar-refractivity contribution in [2.75, 3.05) is 33.3 Å². The van der Waals surface area contributed by atoms with Crippen molar-refractivity contribution in [2.24, 2.45) is 4.99 Å². The molecule has 6 heteroatoms. The van der Waals surface area contributed by atoms with Crippen LogP contribution in [0.4, 0.5) is 0 Å². The van der Waals surface area contributed by atoms with Gasteiger partial charge in [-0.05, 0) is 50.4 Å². The number of ether oxygens (including phenoxy) is 1. The second-order valence-electron chi connectivity index (χ2n) is 6.66. The molecule has 5 nitrogen and oxygen atoms in total. The molecule has 1 saturated heterocycles. The maximum Gasteiger partial charge on any atom is 0.191 e. The summed E-state index contributed by atoms with van der Waals surface area (Å²) in [5.74, 6) is 1.82. The second-order valence-corrected chi connectivity index (χ2v) is 7.69. The maximum absolute atomic E-state index is 5.64. The zero-order valence-electron chi connectivity index (χ0n) is 16.3.